The predicted molar refractivity (Wildman–Crippen MR) is 83.9 cm³/mol. The van der Waals surface area contributed by atoms with Crippen LogP contribution in [0.5, 0.6) is 11.5 Å². The van der Waals surface area contributed by atoms with Crippen molar-refractivity contribution in [2.75, 3.05) is 14.2 Å². The van der Waals surface area contributed by atoms with Crippen molar-refractivity contribution in [3.63, 3.8) is 0 Å². The summed E-state index contributed by atoms with van der Waals surface area (Å²) in [6, 6.07) is 10.0. The number of carbonyl (C=O) groups is 1. The minimum atomic E-state index is -0.291. The fraction of sp³-hybridized carbons (Fsp3) is 0.118. The molecule has 6 heteroatoms. The Bertz CT molecular complexity index is 1040. The van der Waals surface area contributed by atoms with E-state index in [-0.39, 0.29) is 17.2 Å². The van der Waals surface area contributed by atoms with Crippen molar-refractivity contribution >= 4 is 16.7 Å². The molecule has 0 bridgehead atoms. The van der Waals surface area contributed by atoms with Crippen molar-refractivity contribution in [1.29, 1.82) is 0 Å². The SMILES string of the molecule is COc1ccc2c(c1)C(=O)c1nc3ccc(OC)cc3c(=O)n1-2. The monoisotopic (exact) mass is 308 g/mol. The first-order chi connectivity index (χ1) is 11.1. The molecule has 1 aliphatic rings. The highest BCUT2D eigenvalue weighted by atomic mass is 16.5. The van der Waals surface area contributed by atoms with Gasteiger partial charge in [-0.05, 0) is 36.4 Å². The Labute approximate surface area is 130 Å². The molecule has 6 nitrogen and oxygen atoms in total. The quantitative estimate of drug-likeness (QED) is 0.566. The van der Waals surface area contributed by atoms with Crippen LogP contribution in [0, 0.1) is 0 Å². The molecule has 0 aliphatic carbocycles. The van der Waals surface area contributed by atoms with E-state index in [1.54, 1.807) is 36.4 Å². The average Bonchev–Trinajstić information content (AvgIpc) is 2.87. The molecule has 4 rings (SSSR count). The van der Waals surface area contributed by atoms with Gasteiger partial charge in [0.15, 0.2) is 5.82 Å². The van der Waals surface area contributed by atoms with E-state index in [4.69, 9.17) is 9.47 Å². The van der Waals surface area contributed by atoms with E-state index in [2.05, 4.69) is 4.98 Å². The minimum Gasteiger partial charge on any atom is -0.497 e. The van der Waals surface area contributed by atoms with Crippen LogP contribution in [-0.2, 0) is 0 Å². The third-order valence-corrected chi connectivity index (χ3v) is 3.97. The Kier molecular flexibility index (Phi) is 2.74. The standard InChI is InChI=1S/C17H12N2O4/c1-22-9-3-5-13-11(7-9)17(21)19-14-6-4-10(23-2)8-12(14)15(20)16(19)18-13/h3-8H,1-2H3. The lowest BCUT2D eigenvalue weighted by molar-refractivity contribution is 0.103. The molecule has 114 valence electrons. The third-order valence-electron chi connectivity index (χ3n) is 3.97. The molecule has 0 amide bonds. The van der Waals surface area contributed by atoms with Crippen LogP contribution in [0.1, 0.15) is 16.2 Å². The Morgan fingerprint density at radius 3 is 2.39 bits per heavy atom. The first kappa shape index (κ1) is 13.5. The first-order valence-corrected chi connectivity index (χ1v) is 6.98. The van der Waals surface area contributed by atoms with Crippen molar-refractivity contribution in [2.24, 2.45) is 0 Å². The van der Waals surface area contributed by atoms with Gasteiger partial charge in [-0.1, -0.05) is 0 Å². The lowest BCUT2D eigenvalue weighted by Crippen LogP contribution is -2.21. The van der Waals surface area contributed by atoms with Gasteiger partial charge in [0.25, 0.3) is 5.56 Å². The summed E-state index contributed by atoms with van der Waals surface area (Å²) < 4.78 is 11.7. The number of ketones is 1. The molecule has 0 radical (unpaired) electrons. The van der Waals surface area contributed by atoms with Gasteiger partial charge in [0.2, 0.25) is 5.78 Å². The van der Waals surface area contributed by atoms with Gasteiger partial charge in [-0.25, -0.2) is 4.98 Å². The van der Waals surface area contributed by atoms with Crippen LogP contribution in [0.4, 0.5) is 0 Å². The molecule has 2 heterocycles. The number of nitrogens with zero attached hydrogens (tertiary/aromatic N) is 2. The lowest BCUT2D eigenvalue weighted by Gasteiger charge is -2.07. The van der Waals surface area contributed by atoms with Crippen LogP contribution < -0.4 is 15.0 Å². The molecule has 23 heavy (non-hydrogen) atoms. The number of methoxy groups -OCH3 is 2. The molecule has 0 fully saturated rings. The fourth-order valence-electron chi connectivity index (χ4n) is 2.81. The summed E-state index contributed by atoms with van der Waals surface area (Å²) in [5.41, 5.74) is 1.11. The zero-order valence-electron chi connectivity index (χ0n) is 12.5. The van der Waals surface area contributed by atoms with Crippen LogP contribution >= 0.6 is 0 Å². The van der Waals surface area contributed by atoms with Crippen LogP contribution in [0.15, 0.2) is 41.2 Å². The van der Waals surface area contributed by atoms with Gasteiger partial charge in [0.1, 0.15) is 11.5 Å². The number of carbonyl (C=O) groups excluding carboxylic acids is 1. The van der Waals surface area contributed by atoms with E-state index in [0.717, 1.165) is 0 Å². The molecule has 1 aliphatic heterocycles. The van der Waals surface area contributed by atoms with Gasteiger partial charge >= 0.3 is 0 Å². The average molecular weight is 308 g/mol. The summed E-state index contributed by atoms with van der Waals surface area (Å²) in [6.07, 6.45) is 0. The maximum Gasteiger partial charge on any atom is 0.266 e. The first-order valence-electron chi connectivity index (χ1n) is 6.98. The molecule has 3 aromatic rings. The molecular weight excluding hydrogens is 296 g/mol. The van der Waals surface area contributed by atoms with Crippen molar-refractivity contribution in [1.82, 2.24) is 9.55 Å². The number of benzene rings is 2. The summed E-state index contributed by atoms with van der Waals surface area (Å²) in [5.74, 6) is 0.963. The summed E-state index contributed by atoms with van der Waals surface area (Å²) in [5, 5.41) is 0.407. The maximum absolute atomic E-state index is 12.8. The zero-order valence-corrected chi connectivity index (χ0v) is 12.5. The lowest BCUT2D eigenvalue weighted by atomic mass is 10.1. The van der Waals surface area contributed by atoms with Gasteiger partial charge in [-0.15, -0.1) is 0 Å². The largest absolute Gasteiger partial charge is 0.497 e. The van der Waals surface area contributed by atoms with E-state index < -0.39 is 0 Å². The summed E-state index contributed by atoms with van der Waals surface area (Å²) >= 11 is 0. The smallest absolute Gasteiger partial charge is 0.266 e. The van der Waals surface area contributed by atoms with Crippen LogP contribution in [-0.4, -0.2) is 29.6 Å². The van der Waals surface area contributed by atoms with E-state index in [0.29, 0.717) is 33.7 Å². The summed E-state index contributed by atoms with van der Waals surface area (Å²) in [4.78, 5) is 29.8. The molecule has 0 unspecified atom stereocenters. The Hall–Kier alpha value is -3.15. The third kappa shape index (κ3) is 1.78. The van der Waals surface area contributed by atoms with Crippen molar-refractivity contribution in [2.45, 2.75) is 0 Å². The van der Waals surface area contributed by atoms with Gasteiger partial charge in [0.05, 0.1) is 36.4 Å². The highest BCUT2D eigenvalue weighted by Crippen LogP contribution is 2.29. The van der Waals surface area contributed by atoms with Gasteiger partial charge in [0, 0.05) is 0 Å². The topological polar surface area (TPSA) is 70.4 Å². The molecule has 0 N–H and O–H groups in total. The Morgan fingerprint density at radius 2 is 1.65 bits per heavy atom. The van der Waals surface area contributed by atoms with E-state index in [1.807, 2.05) is 0 Å². The van der Waals surface area contributed by atoms with Gasteiger partial charge in [-0.3, -0.25) is 14.2 Å². The molecule has 0 atom stereocenters. The highest BCUT2D eigenvalue weighted by Gasteiger charge is 2.30. The number of hydrogen-bond donors (Lipinski definition) is 0. The number of hydrogen-bond acceptors (Lipinski definition) is 5. The highest BCUT2D eigenvalue weighted by molar-refractivity contribution is 6.13. The van der Waals surface area contributed by atoms with E-state index >= 15 is 0 Å². The number of rotatable bonds is 2. The van der Waals surface area contributed by atoms with E-state index in [1.165, 1.54) is 18.8 Å². The fourth-order valence-corrected chi connectivity index (χ4v) is 2.81. The van der Waals surface area contributed by atoms with Crippen molar-refractivity contribution in [3.8, 4) is 17.2 Å². The van der Waals surface area contributed by atoms with Gasteiger partial charge in [-0.2, -0.15) is 0 Å². The molecule has 0 saturated carbocycles. The Balaban J connectivity index is 2.08. The van der Waals surface area contributed by atoms with Gasteiger partial charge < -0.3 is 9.47 Å². The second kappa shape index (κ2) is 4.67. The summed E-state index contributed by atoms with van der Waals surface area (Å²) in [6.45, 7) is 0. The molecule has 2 aromatic carbocycles. The number of fused-ring (bicyclic) bond motifs is 4. The predicted octanol–water partition coefficient (Wildman–Crippen LogP) is 1.95. The summed E-state index contributed by atoms with van der Waals surface area (Å²) in [7, 11) is 3.06. The maximum atomic E-state index is 12.8. The molecule has 0 saturated heterocycles. The Morgan fingerprint density at radius 1 is 0.957 bits per heavy atom. The second-order valence-corrected chi connectivity index (χ2v) is 5.17. The molecule has 0 spiro atoms. The van der Waals surface area contributed by atoms with Crippen LogP contribution in [0.3, 0.4) is 0 Å². The minimum absolute atomic E-state index is 0.121. The normalized spacial score (nSPS) is 12.2. The van der Waals surface area contributed by atoms with E-state index in [9.17, 15) is 9.59 Å². The molecular formula is C17H12N2O4. The number of aromatic nitrogens is 2. The van der Waals surface area contributed by atoms with Crippen LogP contribution in [0.2, 0.25) is 0 Å². The zero-order chi connectivity index (χ0) is 16.1. The second-order valence-electron chi connectivity index (χ2n) is 5.17. The van der Waals surface area contributed by atoms with Crippen molar-refractivity contribution < 1.29 is 14.3 Å². The van der Waals surface area contributed by atoms with Crippen LogP contribution in [0.25, 0.3) is 16.6 Å². The van der Waals surface area contributed by atoms with Crippen molar-refractivity contribution in [3.05, 3.63) is 58.1 Å². The number of ether oxygens (including phenoxy) is 2. The molecule has 1 aromatic heterocycles.